The van der Waals surface area contributed by atoms with Gasteiger partial charge in [0.25, 0.3) is 0 Å². The molecule has 0 aliphatic carbocycles. The van der Waals surface area contributed by atoms with Crippen molar-refractivity contribution in [3.63, 3.8) is 0 Å². The van der Waals surface area contributed by atoms with Gasteiger partial charge >= 0.3 is 0 Å². The van der Waals surface area contributed by atoms with E-state index in [4.69, 9.17) is 9.47 Å². The van der Waals surface area contributed by atoms with Crippen molar-refractivity contribution in [1.29, 1.82) is 0 Å². The Labute approximate surface area is 124 Å². The molecule has 4 heteroatoms. The van der Waals surface area contributed by atoms with Crippen molar-refractivity contribution in [2.45, 2.75) is 19.1 Å². The number of hydrogen-bond acceptors (Lipinski definition) is 4. The van der Waals surface area contributed by atoms with E-state index in [1.165, 1.54) is 0 Å². The van der Waals surface area contributed by atoms with Crippen LogP contribution in [0.2, 0.25) is 0 Å². The molecule has 0 aliphatic heterocycles. The lowest BCUT2D eigenvalue weighted by molar-refractivity contribution is 0.104. The predicted molar refractivity (Wildman–Crippen MR) is 80.5 cm³/mol. The lowest BCUT2D eigenvalue weighted by atomic mass is 10.1. The van der Waals surface area contributed by atoms with Gasteiger partial charge in [-0.05, 0) is 24.6 Å². The second kappa shape index (κ2) is 7.11. The van der Waals surface area contributed by atoms with Crippen LogP contribution in [-0.4, -0.2) is 23.9 Å². The average molecular weight is 288 g/mol. The minimum absolute atomic E-state index is 0.108. The first-order chi connectivity index (χ1) is 10.1. The Morgan fingerprint density at radius 3 is 2.38 bits per heavy atom. The van der Waals surface area contributed by atoms with Crippen LogP contribution in [0.4, 0.5) is 0 Å². The molecule has 0 spiro atoms. The summed E-state index contributed by atoms with van der Waals surface area (Å²) in [6.07, 6.45) is -1.38. The van der Waals surface area contributed by atoms with E-state index in [9.17, 15) is 10.2 Å². The quantitative estimate of drug-likeness (QED) is 0.858. The zero-order valence-electron chi connectivity index (χ0n) is 12.2. The summed E-state index contributed by atoms with van der Waals surface area (Å²) in [7, 11) is 1.57. The molecule has 0 amide bonds. The topological polar surface area (TPSA) is 58.9 Å². The Bertz CT molecular complexity index is 566. The van der Waals surface area contributed by atoms with E-state index in [0.717, 1.165) is 5.56 Å². The fourth-order valence-electron chi connectivity index (χ4n) is 2.05. The fraction of sp³-hybridized carbons (Fsp3) is 0.294. The van der Waals surface area contributed by atoms with Crippen molar-refractivity contribution in [3.05, 3.63) is 59.7 Å². The second-order valence-electron chi connectivity index (χ2n) is 4.82. The minimum atomic E-state index is -0.723. The van der Waals surface area contributed by atoms with Gasteiger partial charge in [-0.25, -0.2) is 0 Å². The largest absolute Gasteiger partial charge is 0.497 e. The van der Waals surface area contributed by atoms with E-state index < -0.39 is 12.2 Å². The fourth-order valence-corrected chi connectivity index (χ4v) is 2.05. The van der Waals surface area contributed by atoms with Gasteiger partial charge in [0.15, 0.2) is 0 Å². The van der Waals surface area contributed by atoms with Gasteiger partial charge in [0.05, 0.1) is 13.2 Å². The summed E-state index contributed by atoms with van der Waals surface area (Å²) >= 11 is 0. The predicted octanol–water partition coefficient (Wildman–Crippen LogP) is 2.86. The van der Waals surface area contributed by atoms with Crippen LogP contribution in [0.1, 0.15) is 30.3 Å². The Morgan fingerprint density at radius 2 is 1.76 bits per heavy atom. The number of ether oxygens (including phenoxy) is 2. The van der Waals surface area contributed by atoms with Crippen LogP contribution >= 0.6 is 0 Å². The lowest BCUT2D eigenvalue weighted by Gasteiger charge is -2.17. The van der Waals surface area contributed by atoms with E-state index in [0.29, 0.717) is 17.1 Å². The molecule has 0 aromatic heterocycles. The summed E-state index contributed by atoms with van der Waals surface area (Å²) in [5.41, 5.74) is 1.45. The molecule has 2 aromatic carbocycles. The van der Waals surface area contributed by atoms with Crippen LogP contribution in [0.15, 0.2) is 48.5 Å². The summed E-state index contributed by atoms with van der Waals surface area (Å²) in [5, 5.41) is 19.9. The lowest BCUT2D eigenvalue weighted by Crippen LogP contribution is -2.11. The Kier molecular flexibility index (Phi) is 5.20. The molecule has 2 atom stereocenters. The number of hydrogen-bond donors (Lipinski definition) is 2. The maximum atomic E-state index is 10.1. The SMILES string of the molecule is COc1ccc([C@@H](C)O)c(OCC(O)c2ccccc2)c1. The molecule has 4 nitrogen and oxygen atoms in total. The molecule has 1 unspecified atom stereocenters. The summed E-state index contributed by atoms with van der Waals surface area (Å²) < 4.78 is 10.8. The van der Waals surface area contributed by atoms with E-state index in [2.05, 4.69) is 0 Å². The van der Waals surface area contributed by atoms with Crippen LogP contribution in [0.25, 0.3) is 0 Å². The van der Waals surface area contributed by atoms with Crippen molar-refractivity contribution >= 4 is 0 Å². The zero-order chi connectivity index (χ0) is 15.2. The molecule has 0 saturated heterocycles. The Balaban J connectivity index is 2.11. The number of methoxy groups -OCH3 is 1. The molecule has 21 heavy (non-hydrogen) atoms. The third-order valence-electron chi connectivity index (χ3n) is 3.25. The molecule has 0 fully saturated rings. The highest BCUT2D eigenvalue weighted by Crippen LogP contribution is 2.30. The molecule has 0 radical (unpaired) electrons. The molecular weight excluding hydrogens is 268 g/mol. The summed E-state index contributed by atoms with van der Waals surface area (Å²) in [6, 6.07) is 14.5. The molecule has 2 rings (SSSR count). The van der Waals surface area contributed by atoms with Gasteiger partial charge in [-0.3, -0.25) is 0 Å². The van der Waals surface area contributed by atoms with Crippen LogP contribution in [0.3, 0.4) is 0 Å². The summed E-state index contributed by atoms with van der Waals surface area (Å²) in [5.74, 6) is 1.16. The van der Waals surface area contributed by atoms with Gasteiger partial charge < -0.3 is 19.7 Å². The van der Waals surface area contributed by atoms with Gasteiger partial charge in [0.1, 0.15) is 24.2 Å². The monoisotopic (exact) mass is 288 g/mol. The number of aliphatic hydroxyl groups is 2. The van der Waals surface area contributed by atoms with E-state index in [-0.39, 0.29) is 6.61 Å². The van der Waals surface area contributed by atoms with Crippen LogP contribution in [0, 0.1) is 0 Å². The van der Waals surface area contributed by atoms with Crippen molar-refractivity contribution < 1.29 is 19.7 Å². The van der Waals surface area contributed by atoms with E-state index in [1.54, 1.807) is 32.2 Å². The highest BCUT2D eigenvalue weighted by molar-refractivity contribution is 5.41. The molecule has 0 saturated carbocycles. The maximum absolute atomic E-state index is 10.1. The Morgan fingerprint density at radius 1 is 1.05 bits per heavy atom. The van der Waals surface area contributed by atoms with Crippen molar-refractivity contribution in [1.82, 2.24) is 0 Å². The third-order valence-corrected chi connectivity index (χ3v) is 3.25. The van der Waals surface area contributed by atoms with Gasteiger partial charge in [0, 0.05) is 11.6 Å². The first-order valence-corrected chi connectivity index (χ1v) is 6.83. The first-order valence-electron chi connectivity index (χ1n) is 6.83. The third kappa shape index (κ3) is 3.97. The van der Waals surface area contributed by atoms with Crippen LogP contribution < -0.4 is 9.47 Å². The van der Waals surface area contributed by atoms with Gasteiger partial charge in [-0.15, -0.1) is 0 Å². The highest BCUT2D eigenvalue weighted by Gasteiger charge is 2.13. The van der Waals surface area contributed by atoms with Crippen molar-refractivity contribution in [2.24, 2.45) is 0 Å². The molecule has 2 aromatic rings. The van der Waals surface area contributed by atoms with Gasteiger partial charge in [0.2, 0.25) is 0 Å². The van der Waals surface area contributed by atoms with Gasteiger partial charge in [-0.1, -0.05) is 30.3 Å². The van der Waals surface area contributed by atoms with Gasteiger partial charge in [-0.2, -0.15) is 0 Å². The molecule has 0 heterocycles. The van der Waals surface area contributed by atoms with Crippen LogP contribution in [0.5, 0.6) is 11.5 Å². The van der Waals surface area contributed by atoms with Crippen LogP contribution in [-0.2, 0) is 0 Å². The normalized spacial score (nSPS) is 13.5. The summed E-state index contributed by atoms with van der Waals surface area (Å²) in [4.78, 5) is 0. The van der Waals surface area contributed by atoms with E-state index >= 15 is 0 Å². The first kappa shape index (κ1) is 15.4. The second-order valence-corrected chi connectivity index (χ2v) is 4.82. The molecule has 112 valence electrons. The number of benzene rings is 2. The molecule has 2 N–H and O–H groups in total. The standard InChI is InChI=1S/C17H20O4/c1-12(18)15-9-8-14(20-2)10-17(15)21-11-16(19)13-6-4-3-5-7-13/h3-10,12,16,18-19H,11H2,1-2H3/t12-,16?/m1/s1. The maximum Gasteiger partial charge on any atom is 0.128 e. The number of rotatable bonds is 6. The highest BCUT2D eigenvalue weighted by atomic mass is 16.5. The average Bonchev–Trinajstić information content (AvgIpc) is 2.52. The van der Waals surface area contributed by atoms with E-state index in [1.807, 2.05) is 30.3 Å². The smallest absolute Gasteiger partial charge is 0.128 e. The zero-order valence-corrected chi connectivity index (χ0v) is 12.2. The molecular formula is C17H20O4. The molecule has 0 bridgehead atoms. The van der Waals surface area contributed by atoms with Crippen molar-refractivity contribution in [2.75, 3.05) is 13.7 Å². The Hall–Kier alpha value is -2.04. The molecule has 0 aliphatic rings. The summed E-state index contributed by atoms with van der Waals surface area (Å²) in [6.45, 7) is 1.78. The van der Waals surface area contributed by atoms with Crippen molar-refractivity contribution in [3.8, 4) is 11.5 Å². The number of aliphatic hydroxyl groups excluding tert-OH is 2. The minimum Gasteiger partial charge on any atom is -0.497 e.